The number of benzene rings is 2. The van der Waals surface area contributed by atoms with E-state index in [2.05, 4.69) is 140 Å². The molecule has 0 aromatic heterocycles. The predicted octanol–water partition coefficient (Wildman–Crippen LogP) is 8.77. The number of nitrogens with one attached hydrogen (secondary N) is 1. The van der Waals surface area contributed by atoms with E-state index in [-0.39, 0.29) is 16.7 Å². The normalized spacial score (nSPS) is 17.5. The van der Waals surface area contributed by atoms with Crippen LogP contribution in [0.3, 0.4) is 0 Å². The Hall–Kier alpha value is -3.56. The monoisotopic (exact) mass is 698 g/mol. The lowest BCUT2D eigenvalue weighted by Gasteiger charge is -2.28. The molecule has 270 valence electrons. The highest BCUT2D eigenvalue weighted by molar-refractivity contribution is 6.60. The number of hydrogen-bond acceptors (Lipinski definition) is 5. The average molecular weight is 699 g/mol. The van der Waals surface area contributed by atoms with E-state index in [1.807, 2.05) is 20.8 Å². The van der Waals surface area contributed by atoms with Crippen LogP contribution < -0.4 is 10.2 Å². The lowest BCUT2D eigenvalue weighted by Crippen LogP contribution is -2.46. The predicted molar refractivity (Wildman–Crippen MR) is 210 cm³/mol. The number of nitrogens with zero attached hydrogens (tertiary/aromatic N) is 2. The molecule has 0 saturated heterocycles. The molecule has 0 saturated carbocycles. The van der Waals surface area contributed by atoms with E-state index in [9.17, 15) is 4.79 Å². The number of carbonyl (C=O) groups excluding carboxylic acids is 1. The summed E-state index contributed by atoms with van der Waals surface area (Å²) in [6.45, 7) is 21.1. The minimum Gasteiger partial charge on any atom is -0.374 e. The third-order valence-electron chi connectivity index (χ3n) is 9.64. The Labute approximate surface area is 302 Å². The van der Waals surface area contributed by atoms with Crippen molar-refractivity contribution in [1.82, 2.24) is 5.32 Å². The maximum absolute atomic E-state index is 13.0. The van der Waals surface area contributed by atoms with Crippen molar-refractivity contribution in [3.8, 4) is 0 Å². The van der Waals surface area contributed by atoms with Crippen LogP contribution in [0.25, 0.3) is 0 Å². The van der Waals surface area contributed by atoms with Gasteiger partial charge < -0.3 is 23.5 Å². The number of fused-ring (bicyclic) bond motifs is 2. The van der Waals surface area contributed by atoms with Gasteiger partial charge >= 0.3 is 8.80 Å². The van der Waals surface area contributed by atoms with Gasteiger partial charge in [-0.1, -0.05) is 87.5 Å². The van der Waals surface area contributed by atoms with Crippen LogP contribution in [-0.4, -0.2) is 64.5 Å². The molecule has 0 unspecified atom stereocenters. The van der Waals surface area contributed by atoms with E-state index < -0.39 is 8.80 Å². The molecule has 2 heterocycles. The molecule has 2 aliphatic rings. The van der Waals surface area contributed by atoms with Gasteiger partial charge in [0.1, 0.15) is 6.54 Å². The lowest BCUT2D eigenvalue weighted by atomic mass is 9.81. The lowest BCUT2D eigenvalue weighted by molar-refractivity contribution is -0.437. The molecule has 2 aromatic rings. The van der Waals surface area contributed by atoms with Crippen LogP contribution in [0, 0.1) is 0 Å². The zero-order valence-corrected chi connectivity index (χ0v) is 32.8. The molecule has 0 atom stereocenters. The molecule has 0 fully saturated rings. The van der Waals surface area contributed by atoms with Gasteiger partial charge in [0.05, 0.1) is 5.41 Å². The van der Waals surface area contributed by atoms with Crippen LogP contribution in [0.5, 0.6) is 0 Å². The Morgan fingerprint density at radius 2 is 1.44 bits per heavy atom. The minimum absolute atomic E-state index is 0.0377. The second-order valence-electron chi connectivity index (χ2n) is 13.8. The van der Waals surface area contributed by atoms with Crippen LogP contribution in [0.1, 0.15) is 85.8 Å². The second kappa shape index (κ2) is 18.1. The molecule has 50 heavy (non-hydrogen) atoms. The summed E-state index contributed by atoms with van der Waals surface area (Å²) in [7, 11) is -2.71. The number of hydrogen-bond donors (Lipinski definition) is 1. The standard InChI is InChI=1S/C42H59N3O4Si/c1-9-31-44-36-25-20-18-23-34(36)41(5,6)38(44)27-16-14-13-15-17-28-39-42(7,8)35-24-19-21-26-37(35)45(39)32-29-40(46)43-30-22-33-50(47-10-2,48-11-3)49-12-4/h13-21,23-28H,9-12,22,29-33H2,1-8H3/p+1. The molecule has 0 aliphatic carbocycles. The van der Waals surface area contributed by atoms with Gasteiger partial charge in [0.25, 0.3) is 0 Å². The van der Waals surface area contributed by atoms with Crippen molar-refractivity contribution in [1.29, 1.82) is 0 Å². The molecule has 7 nitrogen and oxygen atoms in total. The van der Waals surface area contributed by atoms with Gasteiger partial charge in [-0.25, -0.2) is 0 Å². The average Bonchev–Trinajstić information content (AvgIpc) is 3.44. The van der Waals surface area contributed by atoms with Crippen LogP contribution in [0.15, 0.2) is 96.8 Å². The molecular weight excluding hydrogens is 639 g/mol. The van der Waals surface area contributed by atoms with Crippen LogP contribution in [0.2, 0.25) is 6.04 Å². The first-order valence-electron chi connectivity index (χ1n) is 18.6. The fourth-order valence-corrected chi connectivity index (χ4v) is 9.92. The SMILES string of the molecule is CCC[N+]1=C(/C=C/C=C/C=C/C=C2/N(CCC(=O)NCCC[Si](OCC)(OCC)OCC)c3ccccc3C2(C)C)C(C)(C)c2ccccc21. The summed E-state index contributed by atoms with van der Waals surface area (Å²) in [5.74, 6) is 0.0391. The first-order chi connectivity index (χ1) is 24.1. The largest absolute Gasteiger partial charge is 0.500 e. The summed E-state index contributed by atoms with van der Waals surface area (Å²) in [5.41, 5.74) is 7.44. The highest BCUT2D eigenvalue weighted by atomic mass is 28.4. The maximum Gasteiger partial charge on any atom is 0.500 e. The highest BCUT2D eigenvalue weighted by Gasteiger charge is 2.44. The molecule has 2 aliphatic heterocycles. The molecule has 1 N–H and O–H groups in total. The molecule has 0 radical (unpaired) electrons. The van der Waals surface area contributed by atoms with E-state index in [0.717, 1.165) is 25.1 Å². The number of carbonyl (C=O) groups is 1. The first-order valence-corrected chi connectivity index (χ1v) is 20.5. The van der Waals surface area contributed by atoms with Crippen molar-refractivity contribution >= 4 is 31.8 Å². The third-order valence-corrected chi connectivity index (χ3v) is 12.8. The van der Waals surface area contributed by atoms with E-state index >= 15 is 0 Å². The molecular formula is C42H60N3O4Si+. The Kier molecular flexibility index (Phi) is 14.2. The molecule has 0 spiro atoms. The molecule has 8 heteroatoms. The molecule has 0 bridgehead atoms. The summed E-state index contributed by atoms with van der Waals surface area (Å²) in [4.78, 5) is 15.3. The van der Waals surface area contributed by atoms with Crippen LogP contribution in [0.4, 0.5) is 11.4 Å². The van der Waals surface area contributed by atoms with Gasteiger partial charge in [0, 0.05) is 86.3 Å². The Balaban J connectivity index is 1.40. The number of amides is 1. The van der Waals surface area contributed by atoms with Gasteiger partial charge in [-0.15, -0.1) is 0 Å². The fraction of sp³-hybridized carbons (Fsp3) is 0.476. The van der Waals surface area contributed by atoms with Crippen molar-refractivity contribution < 1.29 is 22.6 Å². The molecule has 1 amide bonds. The fourth-order valence-electron chi connectivity index (χ4n) is 7.31. The number of allylic oxidation sites excluding steroid dienone is 8. The van der Waals surface area contributed by atoms with E-state index in [4.69, 9.17) is 13.3 Å². The van der Waals surface area contributed by atoms with Crippen molar-refractivity contribution in [3.63, 3.8) is 0 Å². The summed E-state index contributed by atoms with van der Waals surface area (Å²) < 4.78 is 20.4. The summed E-state index contributed by atoms with van der Waals surface area (Å²) >= 11 is 0. The number of rotatable bonds is 19. The van der Waals surface area contributed by atoms with Crippen LogP contribution in [-0.2, 0) is 28.9 Å². The minimum atomic E-state index is -2.71. The number of anilines is 1. The van der Waals surface area contributed by atoms with Gasteiger partial charge in [0.2, 0.25) is 11.6 Å². The van der Waals surface area contributed by atoms with Gasteiger partial charge in [-0.05, 0) is 58.7 Å². The summed E-state index contributed by atoms with van der Waals surface area (Å²) in [6.07, 6.45) is 17.2. The van der Waals surface area contributed by atoms with E-state index in [1.165, 1.54) is 28.2 Å². The van der Waals surface area contributed by atoms with Crippen LogP contribution >= 0.6 is 0 Å². The Morgan fingerprint density at radius 3 is 2.12 bits per heavy atom. The third kappa shape index (κ3) is 9.02. The topological polar surface area (TPSA) is 63.0 Å². The Bertz CT molecular complexity index is 1590. The second-order valence-corrected chi connectivity index (χ2v) is 16.6. The quantitative estimate of drug-likeness (QED) is 0.0688. The van der Waals surface area contributed by atoms with Crippen molar-refractivity contribution in [2.24, 2.45) is 0 Å². The number of para-hydroxylation sites is 2. The molecule has 2 aromatic carbocycles. The molecule has 4 rings (SSSR count). The first kappa shape index (κ1) is 39.2. The summed E-state index contributed by atoms with van der Waals surface area (Å²) in [5, 5.41) is 3.11. The van der Waals surface area contributed by atoms with Gasteiger partial charge in [0.15, 0.2) is 5.71 Å². The zero-order chi connectivity index (χ0) is 36.2. The zero-order valence-electron chi connectivity index (χ0n) is 31.8. The van der Waals surface area contributed by atoms with E-state index in [0.29, 0.717) is 45.4 Å². The van der Waals surface area contributed by atoms with E-state index in [1.54, 1.807) is 0 Å². The van der Waals surface area contributed by atoms with Gasteiger partial charge in [-0.3, -0.25) is 4.79 Å². The highest BCUT2D eigenvalue weighted by Crippen LogP contribution is 2.47. The maximum atomic E-state index is 13.0. The van der Waals surface area contributed by atoms with Crippen molar-refractivity contribution in [2.45, 2.75) is 91.5 Å². The Morgan fingerprint density at radius 1 is 0.820 bits per heavy atom. The van der Waals surface area contributed by atoms with Gasteiger partial charge in [-0.2, -0.15) is 4.58 Å². The van der Waals surface area contributed by atoms with Crippen molar-refractivity contribution in [3.05, 3.63) is 108 Å². The summed E-state index contributed by atoms with van der Waals surface area (Å²) in [6, 6.07) is 18.0. The smallest absolute Gasteiger partial charge is 0.374 e. The van der Waals surface area contributed by atoms with Crippen molar-refractivity contribution in [2.75, 3.05) is 44.4 Å².